The van der Waals surface area contributed by atoms with Crippen LogP contribution in [0.1, 0.15) is 11.1 Å². The monoisotopic (exact) mass is 347 g/mol. The summed E-state index contributed by atoms with van der Waals surface area (Å²) in [6.07, 6.45) is 0. The molecule has 0 aliphatic rings. The standard InChI is InChI=1S/C17H18ClN3O3/c1-12-6-7-15(16(8-12)21(23)24)19-17(22)11-20(2)10-13-4-3-5-14(18)9-13/h3-9H,10-11H2,1-2H3,(H,19,22). The molecule has 2 rings (SSSR count). The number of hydrogen-bond acceptors (Lipinski definition) is 4. The molecule has 24 heavy (non-hydrogen) atoms. The minimum atomic E-state index is -0.502. The van der Waals surface area contributed by atoms with Crippen molar-refractivity contribution in [3.63, 3.8) is 0 Å². The molecule has 1 N–H and O–H groups in total. The van der Waals surface area contributed by atoms with Crippen LogP contribution in [-0.4, -0.2) is 29.3 Å². The van der Waals surface area contributed by atoms with Crippen LogP contribution in [0, 0.1) is 17.0 Å². The first-order valence-electron chi connectivity index (χ1n) is 7.33. The number of anilines is 1. The van der Waals surface area contributed by atoms with Gasteiger partial charge in [-0.1, -0.05) is 29.8 Å². The minimum Gasteiger partial charge on any atom is -0.319 e. The van der Waals surface area contributed by atoms with E-state index in [0.717, 1.165) is 11.1 Å². The highest BCUT2D eigenvalue weighted by Gasteiger charge is 2.16. The van der Waals surface area contributed by atoms with Crippen molar-refractivity contribution in [1.82, 2.24) is 4.90 Å². The second-order valence-corrected chi connectivity index (χ2v) is 6.06. The lowest BCUT2D eigenvalue weighted by Crippen LogP contribution is -2.30. The maximum absolute atomic E-state index is 12.1. The number of carbonyl (C=O) groups is 1. The Balaban J connectivity index is 1.99. The van der Waals surface area contributed by atoms with Crippen LogP contribution >= 0.6 is 11.6 Å². The summed E-state index contributed by atoms with van der Waals surface area (Å²) in [6.45, 7) is 2.42. The molecule has 7 heteroatoms. The van der Waals surface area contributed by atoms with Crippen LogP contribution in [0.4, 0.5) is 11.4 Å². The molecular weight excluding hydrogens is 330 g/mol. The first kappa shape index (κ1) is 17.9. The number of carbonyl (C=O) groups excluding carboxylic acids is 1. The Bertz CT molecular complexity index is 764. The van der Waals surface area contributed by atoms with Gasteiger partial charge in [-0.25, -0.2) is 0 Å². The number of likely N-dealkylation sites (N-methyl/N-ethyl adjacent to an activating group) is 1. The van der Waals surface area contributed by atoms with E-state index >= 15 is 0 Å². The number of nitro groups is 1. The number of rotatable bonds is 6. The molecule has 0 aliphatic heterocycles. The van der Waals surface area contributed by atoms with Gasteiger partial charge in [0.1, 0.15) is 5.69 Å². The van der Waals surface area contributed by atoms with Gasteiger partial charge < -0.3 is 5.32 Å². The van der Waals surface area contributed by atoms with Gasteiger partial charge in [0.2, 0.25) is 5.91 Å². The minimum absolute atomic E-state index is 0.109. The van der Waals surface area contributed by atoms with Crippen molar-refractivity contribution >= 4 is 28.9 Å². The Kier molecular flexibility index (Phi) is 5.89. The van der Waals surface area contributed by atoms with Crippen LogP contribution in [0.3, 0.4) is 0 Å². The van der Waals surface area contributed by atoms with Crippen molar-refractivity contribution in [3.05, 3.63) is 68.7 Å². The zero-order valence-corrected chi connectivity index (χ0v) is 14.2. The molecule has 2 aromatic rings. The first-order chi connectivity index (χ1) is 11.3. The fraction of sp³-hybridized carbons (Fsp3) is 0.235. The van der Waals surface area contributed by atoms with Gasteiger partial charge in [0, 0.05) is 17.6 Å². The van der Waals surface area contributed by atoms with Gasteiger partial charge in [-0.3, -0.25) is 19.8 Å². The Morgan fingerprint density at radius 3 is 2.71 bits per heavy atom. The molecule has 0 unspecified atom stereocenters. The molecule has 0 aliphatic carbocycles. The fourth-order valence-corrected chi connectivity index (χ4v) is 2.55. The zero-order chi connectivity index (χ0) is 17.7. The molecule has 0 radical (unpaired) electrons. The molecule has 0 fully saturated rings. The fourth-order valence-electron chi connectivity index (χ4n) is 2.34. The maximum Gasteiger partial charge on any atom is 0.293 e. The SMILES string of the molecule is Cc1ccc(NC(=O)CN(C)Cc2cccc(Cl)c2)c([N+](=O)[O-])c1. The van der Waals surface area contributed by atoms with Gasteiger partial charge in [-0.2, -0.15) is 0 Å². The number of halogens is 1. The summed E-state index contributed by atoms with van der Waals surface area (Å²) in [4.78, 5) is 24.5. The molecule has 0 spiro atoms. The quantitative estimate of drug-likeness (QED) is 0.639. The third-order valence-electron chi connectivity index (χ3n) is 3.38. The topological polar surface area (TPSA) is 75.5 Å². The zero-order valence-electron chi connectivity index (χ0n) is 13.5. The van der Waals surface area contributed by atoms with Gasteiger partial charge in [0.15, 0.2) is 0 Å². The molecule has 6 nitrogen and oxygen atoms in total. The molecule has 126 valence electrons. The number of amides is 1. The van der Waals surface area contributed by atoms with Crippen molar-refractivity contribution < 1.29 is 9.72 Å². The van der Waals surface area contributed by atoms with Crippen LogP contribution < -0.4 is 5.32 Å². The first-order valence-corrected chi connectivity index (χ1v) is 7.71. The van der Waals surface area contributed by atoms with Crippen molar-refractivity contribution in [2.24, 2.45) is 0 Å². The van der Waals surface area contributed by atoms with Crippen LogP contribution in [0.2, 0.25) is 5.02 Å². The predicted molar refractivity (Wildman–Crippen MR) is 94.2 cm³/mol. The average molecular weight is 348 g/mol. The molecule has 0 saturated carbocycles. The van der Waals surface area contributed by atoms with E-state index in [-0.39, 0.29) is 23.8 Å². The van der Waals surface area contributed by atoms with E-state index in [4.69, 9.17) is 11.6 Å². The number of hydrogen-bond donors (Lipinski definition) is 1. The highest BCUT2D eigenvalue weighted by atomic mass is 35.5. The van der Waals surface area contributed by atoms with E-state index in [9.17, 15) is 14.9 Å². The van der Waals surface area contributed by atoms with E-state index in [1.807, 2.05) is 18.2 Å². The van der Waals surface area contributed by atoms with E-state index in [1.54, 1.807) is 37.1 Å². The molecular formula is C17H18ClN3O3. The molecule has 0 bridgehead atoms. The van der Waals surface area contributed by atoms with Crippen LogP contribution in [0.5, 0.6) is 0 Å². The Morgan fingerprint density at radius 2 is 2.04 bits per heavy atom. The number of nitrogens with one attached hydrogen (secondary N) is 1. The summed E-state index contributed by atoms with van der Waals surface area (Å²) in [6, 6.07) is 12.1. The van der Waals surface area contributed by atoms with Gasteiger partial charge >= 0.3 is 0 Å². The van der Waals surface area contributed by atoms with Crippen molar-refractivity contribution in [2.45, 2.75) is 13.5 Å². The predicted octanol–water partition coefficient (Wildman–Crippen LogP) is 3.63. The van der Waals surface area contributed by atoms with Gasteiger partial charge in [-0.15, -0.1) is 0 Å². The van der Waals surface area contributed by atoms with E-state index in [2.05, 4.69) is 5.32 Å². The molecule has 0 aromatic heterocycles. The number of nitro benzene ring substituents is 1. The van der Waals surface area contributed by atoms with Crippen LogP contribution in [0.15, 0.2) is 42.5 Å². The van der Waals surface area contributed by atoms with Crippen molar-refractivity contribution in [3.8, 4) is 0 Å². The van der Waals surface area contributed by atoms with E-state index in [0.29, 0.717) is 11.6 Å². The summed E-state index contributed by atoms with van der Waals surface area (Å²) < 4.78 is 0. The molecule has 0 heterocycles. The summed E-state index contributed by atoms with van der Waals surface area (Å²) in [5, 5.41) is 14.3. The highest BCUT2D eigenvalue weighted by molar-refractivity contribution is 6.30. The lowest BCUT2D eigenvalue weighted by molar-refractivity contribution is -0.384. The molecule has 0 saturated heterocycles. The van der Waals surface area contributed by atoms with Gasteiger partial charge in [0.25, 0.3) is 5.69 Å². The summed E-state index contributed by atoms with van der Waals surface area (Å²) in [5.41, 5.74) is 1.84. The smallest absolute Gasteiger partial charge is 0.293 e. The molecule has 0 atom stereocenters. The Hall–Kier alpha value is -2.44. The largest absolute Gasteiger partial charge is 0.319 e. The number of aryl methyl sites for hydroxylation is 1. The van der Waals surface area contributed by atoms with E-state index in [1.165, 1.54) is 6.07 Å². The molecule has 2 aromatic carbocycles. The summed E-state index contributed by atoms with van der Waals surface area (Å²) in [5.74, 6) is -0.313. The normalized spacial score (nSPS) is 10.7. The third-order valence-corrected chi connectivity index (χ3v) is 3.61. The Labute approximate surface area is 145 Å². The van der Waals surface area contributed by atoms with Crippen molar-refractivity contribution in [2.75, 3.05) is 18.9 Å². The summed E-state index contributed by atoms with van der Waals surface area (Å²) >= 11 is 5.94. The van der Waals surface area contributed by atoms with E-state index < -0.39 is 4.92 Å². The van der Waals surface area contributed by atoms with Crippen molar-refractivity contribution in [1.29, 1.82) is 0 Å². The second-order valence-electron chi connectivity index (χ2n) is 5.63. The maximum atomic E-state index is 12.1. The summed E-state index contributed by atoms with van der Waals surface area (Å²) in [7, 11) is 1.80. The third kappa shape index (κ3) is 5.04. The lowest BCUT2D eigenvalue weighted by atomic mass is 10.2. The highest BCUT2D eigenvalue weighted by Crippen LogP contribution is 2.25. The van der Waals surface area contributed by atoms with Crippen LogP contribution in [0.25, 0.3) is 0 Å². The average Bonchev–Trinajstić information content (AvgIpc) is 2.48. The lowest BCUT2D eigenvalue weighted by Gasteiger charge is -2.16. The second kappa shape index (κ2) is 7.90. The number of benzene rings is 2. The molecule has 1 amide bonds. The Morgan fingerprint density at radius 1 is 1.29 bits per heavy atom. The van der Waals surface area contributed by atoms with Crippen LogP contribution in [-0.2, 0) is 11.3 Å². The number of nitrogens with zero attached hydrogens (tertiary/aromatic N) is 2. The van der Waals surface area contributed by atoms with Gasteiger partial charge in [0.05, 0.1) is 11.5 Å². The van der Waals surface area contributed by atoms with Gasteiger partial charge in [-0.05, 0) is 43.3 Å².